The molecule has 0 saturated carbocycles. The van der Waals surface area contributed by atoms with Gasteiger partial charge in [-0.2, -0.15) is 18.3 Å². The zero-order chi connectivity index (χ0) is 23.3. The van der Waals surface area contributed by atoms with Crippen LogP contribution in [0.25, 0.3) is 39.3 Å². The highest BCUT2D eigenvalue weighted by molar-refractivity contribution is 7.99. The number of pyridine rings is 1. The van der Waals surface area contributed by atoms with Crippen molar-refractivity contribution in [2.75, 3.05) is 5.75 Å². The second-order valence-electron chi connectivity index (χ2n) is 7.25. The fraction of sp³-hybridized carbons (Fsp3) is 0.182. The lowest BCUT2D eigenvalue weighted by atomic mass is 10.1. The monoisotopic (exact) mass is 472 g/mol. The van der Waals surface area contributed by atoms with Crippen LogP contribution in [0.2, 0.25) is 0 Å². The predicted octanol–water partition coefficient (Wildman–Crippen LogP) is 5.61. The van der Waals surface area contributed by atoms with Crippen LogP contribution in [0, 0.1) is 5.82 Å². The van der Waals surface area contributed by atoms with Gasteiger partial charge >= 0.3 is 6.18 Å². The molecule has 11 heteroatoms. The highest BCUT2D eigenvalue weighted by Crippen LogP contribution is 2.36. The Morgan fingerprint density at radius 1 is 1.06 bits per heavy atom. The molecule has 33 heavy (non-hydrogen) atoms. The number of nitrogens with zero attached hydrogens (tertiary/aromatic N) is 6. The first-order valence-electron chi connectivity index (χ1n) is 9.94. The number of alkyl halides is 3. The third-order valence-corrected chi connectivity index (χ3v) is 6.00. The molecule has 0 atom stereocenters. The molecule has 0 amide bonds. The topological polar surface area (TPSA) is 60.9 Å². The van der Waals surface area contributed by atoms with E-state index < -0.39 is 11.9 Å². The number of hydrogen-bond acceptors (Lipinski definition) is 5. The molecule has 4 heterocycles. The van der Waals surface area contributed by atoms with Crippen molar-refractivity contribution in [3.05, 3.63) is 60.3 Å². The summed E-state index contributed by atoms with van der Waals surface area (Å²) in [6.45, 7) is 1.98. The van der Waals surface area contributed by atoms with Crippen molar-refractivity contribution in [2.24, 2.45) is 7.05 Å². The van der Waals surface area contributed by atoms with Crippen molar-refractivity contribution in [3.8, 4) is 22.6 Å². The van der Waals surface area contributed by atoms with Gasteiger partial charge in [0, 0.05) is 18.8 Å². The van der Waals surface area contributed by atoms with Crippen LogP contribution in [0.15, 0.2) is 53.8 Å². The third kappa shape index (κ3) is 3.71. The summed E-state index contributed by atoms with van der Waals surface area (Å²) in [5.41, 5.74) is 2.07. The normalized spacial score (nSPS) is 12.2. The average molecular weight is 472 g/mol. The van der Waals surface area contributed by atoms with Crippen molar-refractivity contribution in [2.45, 2.75) is 18.1 Å². The molecule has 1 aromatic carbocycles. The third-order valence-electron chi connectivity index (χ3n) is 5.16. The number of aromatic nitrogens is 6. The molecule has 0 aliphatic heterocycles. The van der Waals surface area contributed by atoms with Gasteiger partial charge in [0.25, 0.3) is 0 Å². The number of hydrogen-bond donors (Lipinski definition) is 0. The van der Waals surface area contributed by atoms with Crippen molar-refractivity contribution in [1.29, 1.82) is 0 Å². The molecule has 0 unspecified atom stereocenters. The lowest BCUT2D eigenvalue weighted by molar-refractivity contribution is -0.141. The Bertz CT molecular complexity index is 1490. The maximum atomic E-state index is 13.4. The standard InChI is InChI=1S/C22H16F4N6S/c1-3-33-21-18(19-29-15-10-17(22(24,25)26)27-11-16(15)31(19)2)20-28-14(8-9-32(20)30-21)12-4-6-13(23)7-5-12/h4-11H,3H2,1-2H3. The van der Waals surface area contributed by atoms with E-state index in [1.807, 2.05) is 6.92 Å². The summed E-state index contributed by atoms with van der Waals surface area (Å²) in [7, 11) is 1.72. The maximum Gasteiger partial charge on any atom is 0.433 e. The lowest BCUT2D eigenvalue weighted by Crippen LogP contribution is -2.07. The van der Waals surface area contributed by atoms with Crippen molar-refractivity contribution in [3.63, 3.8) is 0 Å². The van der Waals surface area contributed by atoms with Crippen LogP contribution in [-0.4, -0.2) is 34.9 Å². The van der Waals surface area contributed by atoms with E-state index in [0.717, 1.165) is 17.4 Å². The van der Waals surface area contributed by atoms with Crippen LogP contribution in [0.4, 0.5) is 17.6 Å². The first kappa shape index (κ1) is 21.4. The lowest BCUT2D eigenvalue weighted by Gasteiger charge is -2.05. The number of thioether (sulfide) groups is 1. The first-order valence-corrected chi connectivity index (χ1v) is 10.9. The Balaban J connectivity index is 1.74. The van der Waals surface area contributed by atoms with Crippen LogP contribution in [0.5, 0.6) is 0 Å². The number of halogens is 4. The van der Waals surface area contributed by atoms with Gasteiger partial charge in [0.2, 0.25) is 0 Å². The van der Waals surface area contributed by atoms with E-state index >= 15 is 0 Å². The summed E-state index contributed by atoms with van der Waals surface area (Å²) in [5.74, 6) is 0.810. The molecule has 0 fully saturated rings. The number of imidazole rings is 1. The highest BCUT2D eigenvalue weighted by Gasteiger charge is 2.33. The first-order chi connectivity index (χ1) is 15.8. The molecule has 5 rings (SSSR count). The van der Waals surface area contributed by atoms with Crippen LogP contribution < -0.4 is 0 Å². The predicted molar refractivity (Wildman–Crippen MR) is 117 cm³/mol. The summed E-state index contributed by atoms with van der Waals surface area (Å²) in [5, 5.41) is 5.26. The molecular formula is C22H16F4N6S. The second-order valence-corrected chi connectivity index (χ2v) is 8.50. The van der Waals surface area contributed by atoms with Crippen LogP contribution in [0.3, 0.4) is 0 Å². The fourth-order valence-electron chi connectivity index (χ4n) is 3.59. The molecule has 0 saturated heterocycles. The van der Waals surface area contributed by atoms with Gasteiger partial charge in [-0.3, -0.25) is 0 Å². The zero-order valence-electron chi connectivity index (χ0n) is 17.4. The molecule has 0 bridgehead atoms. The van der Waals surface area contributed by atoms with Crippen LogP contribution in [-0.2, 0) is 13.2 Å². The minimum atomic E-state index is -4.56. The zero-order valence-corrected chi connectivity index (χ0v) is 18.2. The summed E-state index contributed by atoms with van der Waals surface area (Å²) in [6, 6.07) is 8.68. The van der Waals surface area contributed by atoms with E-state index in [2.05, 4.69) is 15.1 Å². The molecule has 4 aromatic heterocycles. The Kier molecular flexibility index (Phi) is 5.08. The molecule has 168 valence electrons. The van der Waals surface area contributed by atoms with Gasteiger partial charge in [-0.15, -0.1) is 11.8 Å². The minimum absolute atomic E-state index is 0.177. The van der Waals surface area contributed by atoms with Gasteiger partial charge < -0.3 is 4.57 Å². The fourth-order valence-corrected chi connectivity index (χ4v) is 4.34. The molecule has 5 aromatic rings. The van der Waals surface area contributed by atoms with Gasteiger partial charge in [0.15, 0.2) is 5.65 Å². The molecule has 0 spiro atoms. The molecule has 0 aliphatic rings. The summed E-state index contributed by atoms with van der Waals surface area (Å²) in [6.07, 6.45) is -1.65. The maximum absolute atomic E-state index is 13.4. The quantitative estimate of drug-likeness (QED) is 0.251. The van der Waals surface area contributed by atoms with E-state index in [0.29, 0.717) is 33.3 Å². The molecule has 0 N–H and O–H groups in total. The highest BCUT2D eigenvalue weighted by atomic mass is 32.2. The number of benzene rings is 1. The van der Waals surface area contributed by atoms with Crippen molar-refractivity contribution < 1.29 is 17.6 Å². The largest absolute Gasteiger partial charge is 0.433 e. The van der Waals surface area contributed by atoms with E-state index in [-0.39, 0.29) is 11.3 Å². The number of rotatable bonds is 4. The Hall–Kier alpha value is -3.47. The Morgan fingerprint density at radius 2 is 1.82 bits per heavy atom. The Labute approximate surface area is 189 Å². The van der Waals surface area contributed by atoms with E-state index in [9.17, 15) is 17.6 Å². The Morgan fingerprint density at radius 3 is 2.52 bits per heavy atom. The van der Waals surface area contributed by atoms with E-state index in [1.54, 1.807) is 40.5 Å². The number of aryl methyl sites for hydroxylation is 1. The molecule has 0 aliphatic carbocycles. The van der Waals surface area contributed by atoms with E-state index in [4.69, 9.17) is 4.98 Å². The van der Waals surface area contributed by atoms with Gasteiger partial charge in [0.05, 0.1) is 28.5 Å². The van der Waals surface area contributed by atoms with Gasteiger partial charge in [-0.1, -0.05) is 6.92 Å². The summed E-state index contributed by atoms with van der Waals surface area (Å²) >= 11 is 1.48. The van der Waals surface area contributed by atoms with Crippen molar-refractivity contribution in [1.82, 2.24) is 29.1 Å². The van der Waals surface area contributed by atoms with Gasteiger partial charge in [-0.05, 0) is 42.2 Å². The van der Waals surface area contributed by atoms with Gasteiger partial charge in [0.1, 0.15) is 22.4 Å². The smallest absolute Gasteiger partial charge is 0.326 e. The SMILES string of the molecule is CCSc1nn2ccc(-c3ccc(F)cc3)nc2c1-c1nc2cc(C(F)(F)F)ncc2n1C. The second kappa shape index (κ2) is 7.84. The molecular weight excluding hydrogens is 456 g/mol. The number of fused-ring (bicyclic) bond motifs is 2. The van der Waals surface area contributed by atoms with Crippen LogP contribution >= 0.6 is 11.8 Å². The summed E-state index contributed by atoms with van der Waals surface area (Å²) < 4.78 is 56.1. The minimum Gasteiger partial charge on any atom is -0.326 e. The molecule has 6 nitrogen and oxygen atoms in total. The van der Waals surface area contributed by atoms with Crippen LogP contribution in [0.1, 0.15) is 12.6 Å². The van der Waals surface area contributed by atoms with Gasteiger partial charge in [-0.25, -0.2) is 23.9 Å². The molecule has 0 radical (unpaired) electrons. The summed E-state index contributed by atoms with van der Waals surface area (Å²) in [4.78, 5) is 12.8. The average Bonchev–Trinajstić information content (AvgIpc) is 3.30. The van der Waals surface area contributed by atoms with E-state index in [1.165, 1.54) is 30.1 Å². The van der Waals surface area contributed by atoms with Crippen molar-refractivity contribution >= 4 is 28.4 Å².